The summed E-state index contributed by atoms with van der Waals surface area (Å²) in [6, 6.07) is 1.79. The number of carbonyl (C=O) groups is 1. The van der Waals surface area contributed by atoms with Crippen LogP contribution in [0.1, 0.15) is 20.8 Å². The second kappa shape index (κ2) is 4.53. The van der Waals surface area contributed by atoms with Crippen LogP contribution >= 0.6 is 11.3 Å². The average molecular weight is 229 g/mol. The third kappa shape index (κ3) is 3.79. The van der Waals surface area contributed by atoms with E-state index in [2.05, 4.69) is 5.32 Å². The van der Waals surface area contributed by atoms with Gasteiger partial charge in [0.1, 0.15) is 10.6 Å². The molecule has 1 aromatic heterocycles. The van der Waals surface area contributed by atoms with Crippen LogP contribution < -0.4 is 10.1 Å². The van der Waals surface area contributed by atoms with Gasteiger partial charge in [-0.15, -0.1) is 11.3 Å². The Bertz CT molecular complexity index is 341. The van der Waals surface area contributed by atoms with Crippen LogP contribution in [0.3, 0.4) is 0 Å². The number of anilines is 1. The van der Waals surface area contributed by atoms with Crippen molar-refractivity contribution in [2.45, 2.75) is 26.4 Å². The summed E-state index contributed by atoms with van der Waals surface area (Å²) in [4.78, 5) is 11.4. The first kappa shape index (κ1) is 11.8. The van der Waals surface area contributed by atoms with Gasteiger partial charge in [0.15, 0.2) is 5.75 Å². The molecule has 84 valence electrons. The van der Waals surface area contributed by atoms with Crippen molar-refractivity contribution in [1.29, 1.82) is 0 Å². The zero-order valence-electron chi connectivity index (χ0n) is 9.29. The Hall–Kier alpha value is -1.23. The molecule has 0 aliphatic rings. The van der Waals surface area contributed by atoms with Crippen LogP contribution in [-0.2, 0) is 4.74 Å². The van der Waals surface area contributed by atoms with Crippen molar-refractivity contribution in [2.24, 2.45) is 0 Å². The van der Waals surface area contributed by atoms with Gasteiger partial charge in [0, 0.05) is 0 Å². The summed E-state index contributed by atoms with van der Waals surface area (Å²) >= 11 is 1.39. The maximum Gasteiger partial charge on any atom is 0.412 e. The first-order valence-electron chi connectivity index (χ1n) is 4.54. The highest BCUT2D eigenvalue weighted by Gasteiger charge is 2.17. The third-order valence-corrected chi connectivity index (χ3v) is 2.27. The summed E-state index contributed by atoms with van der Waals surface area (Å²) in [5.74, 6) is 0.644. The molecule has 5 heteroatoms. The number of hydrogen-bond acceptors (Lipinski definition) is 4. The van der Waals surface area contributed by atoms with Crippen molar-refractivity contribution in [3.8, 4) is 5.75 Å². The molecule has 0 saturated carbocycles. The first-order chi connectivity index (χ1) is 6.92. The molecule has 0 aromatic carbocycles. The Morgan fingerprint density at radius 1 is 1.47 bits per heavy atom. The Morgan fingerprint density at radius 3 is 2.67 bits per heavy atom. The molecule has 1 aromatic rings. The van der Waals surface area contributed by atoms with Crippen LogP contribution in [0.5, 0.6) is 5.75 Å². The monoisotopic (exact) mass is 229 g/mol. The number of thiophene rings is 1. The minimum Gasteiger partial charge on any atom is -0.494 e. The number of hydrogen-bond donors (Lipinski definition) is 1. The summed E-state index contributed by atoms with van der Waals surface area (Å²) in [6.45, 7) is 5.45. The van der Waals surface area contributed by atoms with Crippen LogP contribution in [0.2, 0.25) is 0 Å². The number of nitrogens with one attached hydrogen (secondary N) is 1. The zero-order chi connectivity index (χ0) is 11.5. The molecule has 1 amide bonds. The predicted molar refractivity (Wildman–Crippen MR) is 60.7 cm³/mol. The Morgan fingerprint density at radius 2 is 2.13 bits per heavy atom. The van der Waals surface area contributed by atoms with Gasteiger partial charge in [-0.25, -0.2) is 4.79 Å². The van der Waals surface area contributed by atoms with Gasteiger partial charge >= 0.3 is 6.09 Å². The van der Waals surface area contributed by atoms with Gasteiger partial charge in [0.05, 0.1) is 7.11 Å². The van der Waals surface area contributed by atoms with E-state index in [-0.39, 0.29) is 0 Å². The summed E-state index contributed by atoms with van der Waals surface area (Å²) in [5, 5.41) is 5.13. The van der Waals surface area contributed by atoms with Gasteiger partial charge in [0.25, 0.3) is 0 Å². The fraction of sp³-hybridized carbons (Fsp3) is 0.500. The first-order valence-corrected chi connectivity index (χ1v) is 5.42. The summed E-state index contributed by atoms with van der Waals surface area (Å²) in [5.41, 5.74) is -0.491. The molecule has 0 fully saturated rings. The lowest BCUT2D eigenvalue weighted by atomic mass is 10.2. The van der Waals surface area contributed by atoms with Crippen molar-refractivity contribution in [1.82, 2.24) is 0 Å². The molecule has 0 atom stereocenters. The molecular weight excluding hydrogens is 214 g/mol. The molecule has 15 heavy (non-hydrogen) atoms. The molecule has 1 heterocycles. The van der Waals surface area contributed by atoms with E-state index in [1.807, 2.05) is 26.2 Å². The molecule has 0 radical (unpaired) electrons. The molecule has 0 aliphatic heterocycles. The van der Waals surface area contributed by atoms with E-state index in [9.17, 15) is 4.79 Å². The second-order valence-electron chi connectivity index (χ2n) is 3.94. The van der Waals surface area contributed by atoms with Crippen LogP contribution in [0.4, 0.5) is 9.80 Å². The normalized spacial score (nSPS) is 10.9. The minimum absolute atomic E-state index is 0.469. The predicted octanol–water partition coefficient (Wildman–Crippen LogP) is 3.10. The lowest BCUT2D eigenvalue weighted by Gasteiger charge is -2.19. The molecular formula is C10H15NO3S. The molecule has 1 N–H and O–H groups in total. The van der Waals surface area contributed by atoms with Crippen LogP contribution in [0.25, 0.3) is 0 Å². The van der Waals surface area contributed by atoms with Gasteiger partial charge in [0.2, 0.25) is 0 Å². The van der Waals surface area contributed by atoms with Gasteiger partial charge in [-0.2, -0.15) is 0 Å². The van der Waals surface area contributed by atoms with Gasteiger partial charge in [-0.1, -0.05) is 0 Å². The largest absolute Gasteiger partial charge is 0.494 e. The SMILES string of the molecule is COc1ccsc1NC(=O)OC(C)(C)C. The Kier molecular flexibility index (Phi) is 3.57. The summed E-state index contributed by atoms with van der Waals surface area (Å²) < 4.78 is 10.2. The maximum absolute atomic E-state index is 11.4. The smallest absolute Gasteiger partial charge is 0.412 e. The standard InChI is InChI=1S/C10H15NO3S/c1-10(2,3)14-9(12)11-8-7(13-4)5-6-15-8/h5-6H,1-4H3,(H,11,12). The quantitative estimate of drug-likeness (QED) is 0.847. The van der Waals surface area contributed by atoms with E-state index in [0.29, 0.717) is 10.8 Å². The summed E-state index contributed by atoms with van der Waals surface area (Å²) in [7, 11) is 1.56. The Balaban J connectivity index is 2.59. The van der Waals surface area contributed by atoms with E-state index in [1.165, 1.54) is 11.3 Å². The maximum atomic E-state index is 11.4. The molecule has 0 aliphatic carbocycles. The van der Waals surface area contributed by atoms with E-state index >= 15 is 0 Å². The number of amides is 1. The van der Waals surface area contributed by atoms with Gasteiger partial charge in [-0.3, -0.25) is 5.32 Å². The minimum atomic E-state index is -0.491. The molecule has 0 unspecified atom stereocenters. The number of ether oxygens (including phenoxy) is 2. The Labute approximate surface area is 93.2 Å². The molecule has 0 spiro atoms. The fourth-order valence-electron chi connectivity index (χ4n) is 0.946. The number of methoxy groups -OCH3 is 1. The highest BCUT2D eigenvalue weighted by molar-refractivity contribution is 7.14. The fourth-order valence-corrected chi connectivity index (χ4v) is 1.68. The topological polar surface area (TPSA) is 47.6 Å². The molecule has 1 rings (SSSR count). The van der Waals surface area contributed by atoms with Crippen molar-refractivity contribution >= 4 is 22.4 Å². The van der Waals surface area contributed by atoms with Crippen molar-refractivity contribution in [2.75, 3.05) is 12.4 Å². The van der Waals surface area contributed by atoms with E-state index in [1.54, 1.807) is 13.2 Å². The van der Waals surface area contributed by atoms with Gasteiger partial charge < -0.3 is 9.47 Å². The molecule has 4 nitrogen and oxygen atoms in total. The summed E-state index contributed by atoms with van der Waals surface area (Å²) in [6.07, 6.45) is -0.469. The van der Waals surface area contributed by atoms with E-state index in [0.717, 1.165) is 0 Å². The lowest BCUT2D eigenvalue weighted by Crippen LogP contribution is -2.27. The zero-order valence-corrected chi connectivity index (χ0v) is 10.1. The second-order valence-corrected chi connectivity index (χ2v) is 4.86. The van der Waals surface area contributed by atoms with Gasteiger partial charge in [-0.05, 0) is 32.2 Å². The average Bonchev–Trinajstić information content (AvgIpc) is 2.48. The van der Waals surface area contributed by atoms with Crippen LogP contribution in [0, 0.1) is 0 Å². The van der Waals surface area contributed by atoms with Crippen molar-refractivity contribution in [3.05, 3.63) is 11.4 Å². The van der Waals surface area contributed by atoms with Crippen molar-refractivity contribution in [3.63, 3.8) is 0 Å². The molecule has 0 saturated heterocycles. The van der Waals surface area contributed by atoms with Crippen LogP contribution in [0.15, 0.2) is 11.4 Å². The van der Waals surface area contributed by atoms with Crippen LogP contribution in [-0.4, -0.2) is 18.8 Å². The third-order valence-electron chi connectivity index (χ3n) is 1.46. The van der Waals surface area contributed by atoms with E-state index < -0.39 is 11.7 Å². The van der Waals surface area contributed by atoms with Crippen molar-refractivity contribution < 1.29 is 14.3 Å². The highest BCUT2D eigenvalue weighted by Crippen LogP contribution is 2.30. The molecule has 0 bridgehead atoms. The number of carbonyl (C=O) groups excluding carboxylic acids is 1. The lowest BCUT2D eigenvalue weighted by molar-refractivity contribution is 0.0636. The highest BCUT2D eigenvalue weighted by atomic mass is 32.1. The number of rotatable bonds is 2. The van der Waals surface area contributed by atoms with E-state index in [4.69, 9.17) is 9.47 Å².